The fourth-order valence-corrected chi connectivity index (χ4v) is 3.45. The first-order valence-electron chi connectivity index (χ1n) is 6.62. The van der Waals surface area contributed by atoms with Crippen LogP contribution >= 0.6 is 23.2 Å². The van der Waals surface area contributed by atoms with Crippen molar-refractivity contribution in [2.45, 2.75) is 44.2 Å². The van der Waals surface area contributed by atoms with Crippen molar-refractivity contribution in [3.8, 4) is 5.75 Å². The third-order valence-electron chi connectivity index (χ3n) is 3.91. The molecule has 0 unspecified atom stereocenters. The first-order valence-corrected chi connectivity index (χ1v) is 7.38. The molecule has 2 atom stereocenters. The first kappa shape index (κ1) is 14.9. The van der Waals surface area contributed by atoms with Gasteiger partial charge in [0.15, 0.2) is 0 Å². The number of nitrogens with two attached hydrogens (primary N) is 1. The molecule has 1 fully saturated rings. The predicted octanol–water partition coefficient (Wildman–Crippen LogP) is 3.64. The van der Waals surface area contributed by atoms with Crippen molar-refractivity contribution in [3.05, 3.63) is 27.7 Å². The second kappa shape index (κ2) is 6.31. The molecule has 106 valence electrons. The average molecular weight is 304 g/mol. The van der Waals surface area contributed by atoms with E-state index in [0.29, 0.717) is 15.6 Å². The Morgan fingerprint density at radius 1 is 1.16 bits per heavy atom. The van der Waals surface area contributed by atoms with E-state index in [2.05, 4.69) is 0 Å². The topological polar surface area (TPSA) is 66.5 Å². The fourth-order valence-electron chi connectivity index (χ4n) is 2.84. The Hall–Kier alpha value is -0.480. The molecule has 1 aliphatic carbocycles. The minimum Gasteiger partial charge on any atom is -0.507 e. The molecule has 1 aromatic carbocycles. The molecule has 0 aromatic heterocycles. The molecular formula is C14H19Cl2NO2. The van der Waals surface area contributed by atoms with Crippen LogP contribution in [0.5, 0.6) is 5.75 Å². The summed E-state index contributed by atoms with van der Waals surface area (Å²) in [5.41, 5.74) is 6.46. The lowest BCUT2D eigenvalue weighted by Crippen LogP contribution is -2.34. The van der Waals surface area contributed by atoms with E-state index in [1.54, 1.807) is 0 Å². The summed E-state index contributed by atoms with van der Waals surface area (Å²) in [4.78, 5) is 0. The van der Waals surface area contributed by atoms with Crippen molar-refractivity contribution in [2.24, 2.45) is 11.7 Å². The molecule has 0 spiro atoms. The zero-order valence-electron chi connectivity index (χ0n) is 10.6. The van der Waals surface area contributed by atoms with E-state index in [1.807, 2.05) is 0 Å². The van der Waals surface area contributed by atoms with Crippen LogP contribution in [0.15, 0.2) is 12.1 Å². The maximum absolute atomic E-state index is 10.4. The smallest absolute Gasteiger partial charge is 0.123 e. The van der Waals surface area contributed by atoms with E-state index in [-0.39, 0.29) is 11.7 Å². The van der Waals surface area contributed by atoms with Crippen LogP contribution in [0.4, 0.5) is 0 Å². The maximum Gasteiger partial charge on any atom is 0.123 e. The number of halogens is 2. The summed E-state index contributed by atoms with van der Waals surface area (Å²) in [6, 6.07) is 2.25. The number of phenolic OH excluding ortho intramolecular Hbond substituents is 1. The zero-order chi connectivity index (χ0) is 14.0. The minimum absolute atomic E-state index is 0.0557. The lowest BCUT2D eigenvalue weighted by Gasteiger charge is -2.31. The van der Waals surface area contributed by atoms with Gasteiger partial charge in [-0.05, 0) is 30.9 Å². The molecule has 1 aromatic rings. The molecule has 2 rings (SSSR count). The Labute approximate surface area is 123 Å². The number of phenols is 1. The molecule has 0 radical (unpaired) electrons. The molecule has 19 heavy (non-hydrogen) atoms. The van der Waals surface area contributed by atoms with Gasteiger partial charge >= 0.3 is 0 Å². The van der Waals surface area contributed by atoms with Crippen molar-refractivity contribution < 1.29 is 10.2 Å². The lowest BCUT2D eigenvalue weighted by molar-refractivity contribution is 0.0611. The van der Waals surface area contributed by atoms with Crippen LogP contribution in [0.1, 0.15) is 43.7 Å². The van der Waals surface area contributed by atoms with Crippen molar-refractivity contribution in [1.82, 2.24) is 0 Å². The van der Waals surface area contributed by atoms with Crippen molar-refractivity contribution >= 4 is 23.2 Å². The molecule has 0 amide bonds. The Morgan fingerprint density at radius 2 is 1.79 bits per heavy atom. The zero-order valence-corrected chi connectivity index (χ0v) is 12.2. The Bertz CT molecular complexity index is 424. The molecule has 1 aliphatic rings. The van der Waals surface area contributed by atoms with Gasteiger partial charge in [0, 0.05) is 10.6 Å². The summed E-state index contributed by atoms with van der Waals surface area (Å²) < 4.78 is 0. The van der Waals surface area contributed by atoms with Crippen molar-refractivity contribution in [3.63, 3.8) is 0 Å². The number of benzene rings is 1. The third kappa shape index (κ3) is 3.34. The van der Waals surface area contributed by atoms with Crippen molar-refractivity contribution in [1.29, 1.82) is 0 Å². The largest absolute Gasteiger partial charge is 0.507 e. The van der Waals surface area contributed by atoms with Gasteiger partial charge in [-0.3, -0.25) is 0 Å². The molecular weight excluding hydrogens is 285 g/mol. The highest BCUT2D eigenvalue weighted by Gasteiger charge is 2.30. The van der Waals surface area contributed by atoms with Crippen LogP contribution in [0.25, 0.3) is 0 Å². The second-order valence-electron chi connectivity index (χ2n) is 5.23. The minimum atomic E-state index is -0.690. The molecule has 0 bridgehead atoms. The number of hydrogen-bond donors (Lipinski definition) is 3. The van der Waals surface area contributed by atoms with Gasteiger partial charge in [-0.25, -0.2) is 0 Å². The Balaban J connectivity index is 2.20. The van der Waals surface area contributed by atoms with Crippen molar-refractivity contribution in [2.75, 3.05) is 0 Å². The highest BCUT2D eigenvalue weighted by molar-refractivity contribution is 6.35. The monoisotopic (exact) mass is 303 g/mol. The van der Waals surface area contributed by atoms with E-state index in [4.69, 9.17) is 28.9 Å². The third-order valence-corrected chi connectivity index (χ3v) is 4.44. The van der Waals surface area contributed by atoms with Crippen LogP contribution in [-0.4, -0.2) is 16.3 Å². The highest BCUT2D eigenvalue weighted by Crippen LogP contribution is 2.38. The van der Waals surface area contributed by atoms with Crippen LogP contribution in [0.3, 0.4) is 0 Å². The predicted molar refractivity (Wildman–Crippen MR) is 77.6 cm³/mol. The number of aromatic hydroxyl groups is 1. The number of aliphatic hydroxyl groups excluding tert-OH is 1. The van der Waals surface area contributed by atoms with Crippen LogP contribution in [0.2, 0.25) is 10.0 Å². The van der Waals surface area contributed by atoms with E-state index < -0.39 is 12.1 Å². The summed E-state index contributed by atoms with van der Waals surface area (Å²) in [6.07, 6.45) is 4.71. The average Bonchev–Trinajstić information content (AvgIpc) is 2.37. The molecule has 0 aliphatic heterocycles. The fraction of sp³-hybridized carbons (Fsp3) is 0.571. The molecule has 3 nitrogen and oxygen atoms in total. The van der Waals surface area contributed by atoms with Gasteiger partial charge in [-0.1, -0.05) is 42.5 Å². The van der Waals surface area contributed by atoms with Crippen LogP contribution < -0.4 is 5.73 Å². The van der Waals surface area contributed by atoms with Gasteiger partial charge in [0.05, 0.1) is 17.2 Å². The molecule has 5 heteroatoms. The van der Waals surface area contributed by atoms with E-state index >= 15 is 0 Å². The molecule has 4 N–H and O–H groups in total. The summed E-state index contributed by atoms with van der Waals surface area (Å²) in [5, 5.41) is 21.0. The standard InChI is InChI=1S/C14H19Cl2NO2/c15-9-6-10(16)12(11(18)7-9)13(17)14(19)8-4-2-1-3-5-8/h6-8,13-14,18-19H,1-5,17H2/t13-,14+/m1/s1. The molecule has 0 saturated heterocycles. The summed E-state index contributed by atoms with van der Waals surface area (Å²) in [7, 11) is 0. The lowest BCUT2D eigenvalue weighted by atomic mass is 9.81. The molecule has 0 heterocycles. The van der Waals surface area contributed by atoms with Gasteiger partial charge in [0.25, 0.3) is 0 Å². The Morgan fingerprint density at radius 3 is 2.37 bits per heavy atom. The van der Waals surface area contributed by atoms with Gasteiger partial charge in [0.1, 0.15) is 5.75 Å². The summed E-state index contributed by atoms with van der Waals surface area (Å²) >= 11 is 11.9. The molecule has 1 saturated carbocycles. The van der Waals surface area contributed by atoms with E-state index in [0.717, 1.165) is 25.7 Å². The van der Waals surface area contributed by atoms with E-state index in [1.165, 1.54) is 18.6 Å². The number of hydrogen-bond acceptors (Lipinski definition) is 3. The number of aliphatic hydroxyl groups is 1. The normalized spacial score (nSPS) is 20.2. The van der Waals surface area contributed by atoms with Gasteiger partial charge in [-0.2, -0.15) is 0 Å². The first-order chi connectivity index (χ1) is 9.00. The Kier molecular flexibility index (Phi) is 4.96. The highest BCUT2D eigenvalue weighted by atomic mass is 35.5. The van der Waals surface area contributed by atoms with Crippen LogP contribution in [0, 0.1) is 5.92 Å². The van der Waals surface area contributed by atoms with Gasteiger partial charge in [-0.15, -0.1) is 0 Å². The number of rotatable bonds is 3. The summed E-state index contributed by atoms with van der Waals surface area (Å²) in [6.45, 7) is 0. The quantitative estimate of drug-likeness (QED) is 0.798. The van der Waals surface area contributed by atoms with Gasteiger partial charge < -0.3 is 15.9 Å². The summed E-state index contributed by atoms with van der Waals surface area (Å²) in [5.74, 6) is 0.120. The van der Waals surface area contributed by atoms with Gasteiger partial charge in [0.2, 0.25) is 0 Å². The van der Waals surface area contributed by atoms with Crippen LogP contribution in [-0.2, 0) is 0 Å². The second-order valence-corrected chi connectivity index (χ2v) is 6.08. The maximum atomic E-state index is 10.4. The van der Waals surface area contributed by atoms with E-state index in [9.17, 15) is 10.2 Å². The SMILES string of the molecule is N[C@H](c1c(O)cc(Cl)cc1Cl)[C@@H](O)C1CCCCC1.